The molecule has 2 unspecified atom stereocenters. The van der Waals surface area contributed by atoms with Gasteiger partial charge in [0.2, 0.25) is 0 Å². The molecule has 1 aliphatic rings. The predicted octanol–water partition coefficient (Wildman–Crippen LogP) is 3.08. The summed E-state index contributed by atoms with van der Waals surface area (Å²) in [6, 6.07) is 8.52. The summed E-state index contributed by atoms with van der Waals surface area (Å²) in [5.74, 6) is 3.62. The summed E-state index contributed by atoms with van der Waals surface area (Å²) in [5, 5.41) is 2.95. The molecule has 94 valence electrons. The van der Waals surface area contributed by atoms with Crippen molar-refractivity contribution in [1.82, 2.24) is 4.98 Å². The molecule has 0 radical (unpaired) electrons. The Labute approximate surface area is 116 Å². The van der Waals surface area contributed by atoms with Crippen LogP contribution in [0.1, 0.15) is 11.6 Å². The van der Waals surface area contributed by atoms with Gasteiger partial charge >= 0.3 is 0 Å². The number of thioether (sulfide) groups is 2. The van der Waals surface area contributed by atoms with Crippen LogP contribution in [0.3, 0.4) is 0 Å². The molecule has 0 bridgehead atoms. The minimum atomic E-state index is 0.107. The lowest BCUT2D eigenvalue weighted by Gasteiger charge is -2.27. The maximum Gasteiger partial charge on any atom is 0.0430 e. The first-order valence-electron chi connectivity index (χ1n) is 6.14. The summed E-state index contributed by atoms with van der Waals surface area (Å²) in [6.07, 6.45) is 3.77. The molecule has 3 rings (SSSR count). The highest BCUT2D eigenvalue weighted by atomic mass is 32.2. The second-order valence-corrected chi connectivity index (χ2v) is 6.95. The van der Waals surface area contributed by atoms with E-state index in [1.165, 1.54) is 27.8 Å². The minimum Gasteiger partial charge on any atom is -0.323 e. The summed E-state index contributed by atoms with van der Waals surface area (Å²) in [7, 11) is 0. The summed E-state index contributed by atoms with van der Waals surface area (Å²) in [5.41, 5.74) is 7.71. The van der Waals surface area contributed by atoms with E-state index in [1.54, 1.807) is 0 Å². The van der Waals surface area contributed by atoms with Crippen LogP contribution in [0.5, 0.6) is 0 Å². The number of rotatable bonds is 2. The summed E-state index contributed by atoms with van der Waals surface area (Å²) in [6.45, 7) is 0. The van der Waals surface area contributed by atoms with E-state index in [2.05, 4.69) is 23.2 Å². The highest BCUT2D eigenvalue weighted by Gasteiger charge is 2.23. The summed E-state index contributed by atoms with van der Waals surface area (Å²) < 4.78 is 0. The Morgan fingerprint density at radius 1 is 1.28 bits per heavy atom. The van der Waals surface area contributed by atoms with Gasteiger partial charge in [0.15, 0.2) is 0 Å². The number of benzene rings is 1. The van der Waals surface area contributed by atoms with E-state index >= 15 is 0 Å². The van der Waals surface area contributed by atoms with Gasteiger partial charge in [0, 0.05) is 46.3 Å². The van der Waals surface area contributed by atoms with Crippen molar-refractivity contribution in [3.05, 3.63) is 42.2 Å². The molecule has 0 saturated carbocycles. The average molecular weight is 276 g/mol. The first-order valence-corrected chi connectivity index (χ1v) is 8.34. The van der Waals surface area contributed by atoms with E-state index in [-0.39, 0.29) is 6.04 Å². The monoisotopic (exact) mass is 276 g/mol. The second-order valence-electron chi connectivity index (χ2n) is 4.45. The molecule has 1 aliphatic heterocycles. The Morgan fingerprint density at radius 3 is 3.06 bits per heavy atom. The van der Waals surface area contributed by atoms with Crippen molar-refractivity contribution in [2.75, 3.05) is 17.3 Å². The van der Waals surface area contributed by atoms with E-state index in [0.29, 0.717) is 5.25 Å². The highest BCUT2D eigenvalue weighted by Crippen LogP contribution is 2.34. The average Bonchev–Trinajstić information content (AvgIpc) is 2.47. The number of fused-ring (bicyclic) bond motifs is 1. The van der Waals surface area contributed by atoms with Crippen LogP contribution >= 0.6 is 23.5 Å². The van der Waals surface area contributed by atoms with Crippen molar-refractivity contribution in [1.29, 1.82) is 0 Å². The van der Waals surface area contributed by atoms with E-state index in [9.17, 15) is 0 Å². The van der Waals surface area contributed by atoms with Crippen LogP contribution in [0.2, 0.25) is 0 Å². The Morgan fingerprint density at radius 2 is 2.22 bits per heavy atom. The van der Waals surface area contributed by atoms with Crippen LogP contribution in [-0.4, -0.2) is 27.5 Å². The molecule has 1 aromatic heterocycles. The summed E-state index contributed by atoms with van der Waals surface area (Å²) >= 11 is 4.02. The van der Waals surface area contributed by atoms with Gasteiger partial charge in [-0.25, -0.2) is 0 Å². The maximum atomic E-state index is 6.47. The molecule has 0 spiro atoms. The quantitative estimate of drug-likeness (QED) is 0.915. The standard InChI is InChI=1S/C14H16N2S2/c15-14(13-9-17-6-7-18-13)11-3-1-2-10-4-5-16-8-12(10)11/h1-5,8,13-14H,6-7,9,15H2. The van der Waals surface area contributed by atoms with Crippen molar-refractivity contribution in [2.45, 2.75) is 11.3 Å². The molecule has 2 atom stereocenters. The van der Waals surface area contributed by atoms with E-state index in [0.717, 1.165) is 5.75 Å². The Balaban J connectivity index is 1.97. The molecule has 2 nitrogen and oxygen atoms in total. The maximum absolute atomic E-state index is 6.47. The normalized spacial score (nSPS) is 21.9. The molecule has 0 aliphatic carbocycles. The lowest BCUT2D eigenvalue weighted by Crippen LogP contribution is -2.28. The molecule has 1 saturated heterocycles. The van der Waals surface area contributed by atoms with Crippen LogP contribution in [-0.2, 0) is 0 Å². The fourth-order valence-corrected chi connectivity index (χ4v) is 5.13. The number of hydrogen-bond donors (Lipinski definition) is 1. The summed E-state index contributed by atoms with van der Waals surface area (Å²) in [4.78, 5) is 4.23. The molecule has 2 heterocycles. The zero-order chi connectivity index (χ0) is 12.4. The number of nitrogens with two attached hydrogens (primary N) is 1. The molecule has 1 fully saturated rings. The van der Waals surface area contributed by atoms with E-state index < -0.39 is 0 Å². The largest absolute Gasteiger partial charge is 0.323 e. The Kier molecular flexibility index (Phi) is 3.77. The Hall–Kier alpha value is -0.710. The fraction of sp³-hybridized carbons (Fsp3) is 0.357. The SMILES string of the molecule is NC(c1cccc2ccncc12)C1CSCCS1. The first-order chi connectivity index (χ1) is 8.86. The van der Waals surface area contributed by atoms with Gasteiger partial charge in [0.1, 0.15) is 0 Å². The van der Waals surface area contributed by atoms with Crippen molar-refractivity contribution in [3.63, 3.8) is 0 Å². The van der Waals surface area contributed by atoms with Crippen LogP contribution in [0, 0.1) is 0 Å². The lowest BCUT2D eigenvalue weighted by molar-refractivity contribution is 0.725. The van der Waals surface area contributed by atoms with Gasteiger partial charge in [-0.3, -0.25) is 4.98 Å². The first kappa shape index (κ1) is 12.3. The van der Waals surface area contributed by atoms with E-state index in [1.807, 2.05) is 42.0 Å². The molecule has 0 amide bonds. The molecular formula is C14H16N2S2. The number of nitrogens with zero attached hydrogens (tertiary/aromatic N) is 1. The predicted molar refractivity (Wildman–Crippen MR) is 82.2 cm³/mol. The molecular weight excluding hydrogens is 260 g/mol. The van der Waals surface area contributed by atoms with Crippen LogP contribution in [0.25, 0.3) is 10.8 Å². The molecule has 4 heteroatoms. The highest BCUT2D eigenvalue weighted by molar-refractivity contribution is 8.06. The third kappa shape index (κ3) is 2.37. The Bertz CT molecular complexity index is 533. The zero-order valence-electron chi connectivity index (χ0n) is 10.1. The fourth-order valence-electron chi connectivity index (χ4n) is 2.34. The molecule has 18 heavy (non-hydrogen) atoms. The van der Waals surface area contributed by atoms with Gasteiger partial charge in [-0.2, -0.15) is 23.5 Å². The zero-order valence-corrected chi connectivity index (χ0v) is 11.7. The van der Waals surface area contributed by atoms with Gasteiger partial charge < -0.3 is 5.73 Å². The van der Waals surface area contributed by atoms with Gasteiger partial charge in [-0.05, 0) is 17.0 Å². The molecule has 2 N–H and O–H groups in total. The van der Waals surface area contributed by atoms with Gasteiger partial charge in [0.05, 0.1) is 0 Å². The third-order valence-corrected chi connectivity index (χ3v) is 6.20. The van der Waals surface area contributed by atoms with Gasteiger partial charge in [-0.15, -0.1) is 0 Å². The van der Waals surface area contributed by atoms with Gasteiger partial charge in [0.25, 0.3) is 0 Å². The number of aromatic nitrogens is 1. The smallest absolute Gasteiger partial charge is 0.0430 e. The molecule has 1 aromatic carbocycles. The van der Waals surface area contributed by atoms with Crippen LogP contribution < -0.4 is 5.73 Å². The lowest BCUT2D eigenvalue weighted by atomic mass is 9.99. The van der Waals surface area contributed by atoms with Crippen molar-refractivity contribution >= 4 is 34.3 Å². The minimum absolute atomic E-state index is 0.107. The topological polar surface area (TPSA) is 38.9 Å². The number of pyridine rings is 1. The van der Waals surface area contributed by atoms with Crippen LogP contribution in [0.15, 0.2) is 36.7 Å². The van der Waals surface area contributed by atoms with E-state index in [4.69, 9.17) is 5.73 Å². The molecule has 2 aromatic rings. The van der Waals surface area contributed by atoms with Gasteiger partial charge in [-0.1, -0.05) is 18.2 Å². The van der Waals surface area contributed by atoms with Crippen molar-refractivity contribution in [2.24, 2.45) is 5.73 Å². The number of hydrogen-bond acceptors (Lipinski definition) is 4. The van der Waals surface area contributed by atoms with Crippen molar-refractivity contribution in [3.8, 4) is 0 Å². The third-order valence-electron chi connectivity index (χ3n) is 3.32. The van der Waals surface area contributed by atoms with Crippen molar-refractivity contribution < 1.29 is 0 Å². The van der Waals surface area contributed by atoms with Crippen LogP contribution in [0.4, 0.5) is 0 Å². The second kappa shape index (κ2) is 5.51.